The van der Waals surface area contributed by atoms with Crippen LogP contribution in [0.2, 0.25) is 0 Å². The summed E-state index contributed by atoms with van der Waals surface area (Å²) in [7, 11) is 0. The summed E-state index contributed by atoms with van der Waals surface area (Å²) in [6.45, 7) is 1.13. The number of carboxylic acid groups (broad SMARTS) is 1. The molecule has 1 aliphatic rings. The Labute approximate surface area is 174 Å². The lowest BCUT2D eigenvalue weighted by atomic mass is 10.1. The molecule has 0 radical (unpaired) electrons. The average molecular weight is 414 g/mol. The van der Waals surface area contributed by atoms with Crippen LogP contribution in [0.1, 0.15) is 12.5 Å². The lowest BCUT2D eigenvalue weighted by Crippen LogP contribution is -2.56. The van der Waals surface area contributed by atoms with Crippen LogP contribution in [0.15, 0.2) is 54.6 Å². The first kappa shape index (κ1) is 20.7. The van der Waals surface area contributed by atoms with Gasteiger partial charge in [-0.25, -0.2) is 0 Å². The summed E-state index contributed by atoms with van der Waals surface area (Å²) in [6.07, 6.45) is -0.297. The van der Waals surface area contributed by atoms with Gasteiger partial charge in [0, 0.05) is 0 Å². The predicted octanol–water partition coefficient (Wildman–Crippen LogP) is 1.91. The molecule has 3 atom stereocenters. The van der Waals surface area contributed by atoms with Crippen molar-refractivity contribution >= 4 is 36.1 Å². The fourth-order valence-electron chi connectivity index (χ4n) is 3.19. The number of para-hydroxylation sites is 2. The topological polar surface area (TPSA) is 95.9 Å². The standard InChI is InChI=1S/C21H22N2O5S/c1-13-19(22-20(26)17(29)11-14-7-3-2-4-8-14)21(27)23(12-18(24)25)15-9-5-6-10-16(15)28-13/h2-10,13,17,19,29H,11-12H2,1H3,(H,22,26)(H,24,25). The highest BCUT2D eigenvalue weighted by atomic mass is 32.1. The number of fused-ring (bicyclic) bond motifs is 1. The van der Waals surface area contributed by atoms with E-state index >= 15 is 0 Å². The molecule has 0 fully saturated rings. The van der Waals surface area contributed by atoms with Gasteiger partial charge >= 0.3 is 5.97 Å². The third kappa shape index (κ3) is 4.89. The van der Waals surface area contributed by atoms with Gasteiger partial charge in [-0.15, -0.1) is 0 Å². The van der Waals surface area contributed by atoms with Gasteiger partial charge in [-0.2, -0.15) is 12.6 Å². The van der Waals surface area contributed by atoms with Crippen LogP contribution in [0.5, 0.6) is 5.75 Å². The van der Waals surface area contributed by atoms with E-state index in [1.807, 2.05) is 30.3 Å². The molecule has 1 aliphatic heterocycles. The Morgan fingerprint density at radius 3 is 2.52 bits per heavy atom. The molecule has 2 aromatic rings. The molecule has 0 saturated carbocycles. The zero-order chi connectivity index (χ0) is 21.0. The average Bonchev–Trinajstić information content (AvgIpc) is 2.79. The predicted molar refractivity (Wildman–Crippen MR) is 111 cm³/mol. The zero-order valence-electron chi connectivity index (χ0n) is 15.8. The van der Waals surface area contributed by atoms with Crippen LogP contribution in [-0.2, 0) is 20.8 Å². The first-order valence-corrected chi connectivity index (χ1v) is 9.69. The van der Waals surface area contributed by atoms with E-state index in [0.717, 1.165) is 10.5 Å². The van der Waals surface area contributed by atoms with Crippen LogP contribution < -0.4 is 15.0 Å². The monoisotopic (exact) mass is 414 g/mol. The number of hydrogen-bond acceptors (Lipinski definition) is 5. The van der Waals surface area contributed by atoms with Gasteiger partial charge in [0.15, 0.2) is 0 Å². The summed E-state index contributed by atoms with van der Waals surface area (Å²) in [5, 5.41) is 11.3. The van der Waals surface area contributed by atoms with Gasteiger partial charge < -0.3 is 15.2 Å². The lowest BCUT2D eigenvalue weighted by Gasteiger charge is -2.26. The molecule has 7 nitrogen and oxygen atoms in total. The van der Waals surface area contributed by atoms with Crippen molar-refractivity contribution in [3.05, 3.63) is 60.2 Å². The van der Waals surface area contributed by atoms with Crippen LogP contribution >= 0.6 is 12.6 Å². The maximum atomic E-state index is 13.1. The molecule has 152 valence electrons. The summed E-state index contributed by atoms with van der Waals surface area (Å²) in [5.74, 6) is -1.74. The lowest BCUT2D eigenvalue weighted by molar-refractivity contribution is -0.137. The SMILES string of the molecule is CC1Oc2ccccc2N(CC(=O)O)C(=O)C1NC(=O)C(S)Cc1ccccc1. The van der Waals surface area contributed by atoms with Gasteiger partial charge in [-0.05, 0) is 31.0 Å². The van der Waals surface area contributed by atoms with E-state index in [1.165, 1.54) is 0 Å². The molecule has 0 aliphatic carbocycles. The Balaban J connectivity index is 1.80. The Morgan fingerprint density at radius 1 is 1.17 bits per heavy atom. The van der Waals surface area contributed by atoms with Crippen LogP contribution in [0.25, 0.3) is 0 Å². The number of thiol groups is 1. The minimum atomic E-state index is -1.16. The number of benzene rings is 2. The van der Waals surface area contributed by atoms with E-state index < -0.39 is 41.7 Å². The van der Waals surface area contributed by atoms with E-state index in [9.17, 15) is 19.5 Å². The second kappa shape index (κ2) is 9.00. The third-order valence-electron chi connectivity index (χ3n) is 4.64. The van der Waals surface area contributed by atoms with Crippen molar-refractivity contribution in [2.75, 3.05) is 11.4 Å². The first-order valence-electron chi connectivity index (χ1n) is 9.18. The fourth-order valence-corrected chi connectivity index (χ4v) is 3.48. The molecule has 2 N–H and O–H groups in total. The van der Waals surface area contributed by atoms with Crippen molar-refractivity contribution in [3.63, 3.8) is 0 Å². The highest BCUT2D eigenvalue weighted by Crippen LogP contribution is 2.32. The number of nitrogens with zero attached hydrogens (tertiary/aromatic N) is 1. The first-order chi connectivity index (χ1) is 13.9. The molecule has 0 saturated heterocycles. The summed E-state index contributed by atoms with van der Waals surface area (Å²) >= 11 is 4.38. The van der Waals surface area contributed by atoms with Crippen molar-refractivity contribution in [1.82, 2.24) is 5.32 Å². The molecule has 2 amide bonds. The van der Waals surface area contributed by atoms with E-state index in [4.69, 9.17) is 4.74 Å². The van der Waals surface area contributed by atoms with Gasteiger partial charge in [-0.3, -0.25) is 19.3 Å². The van der Waals surface area contributed by atoms with E-state index in [-0.39, 0.29) is 0 Å². The van der Waals surface area contributed by atoms with Gasteiger partial charge in [-0.1, -0.05) is 42.5 Å². The van der Waals surface area contributed by atoms with E-state index in [2.05, 4.69) is 17.9 Å². The number of carbonyl (C=O) groups excluding carboxylic acids is 2. The van der Waals surface area contributed by atoms with Gasteiger partial charge in [0.25, 0.3) is 5.91 Å². The normalized spacial score (nSPS) is 19.5. The number of amides is 2. The van der Waals surface area contributed by atoms with E-state index in [1.54, 1.807) is 31.2 Å². The number of carboxylic acids is 1. The summed E-state index contributed by atoms with van der Waals surface area (Å²) < 4.78 is 5.86. The molecular weight excluding hydrogens is 392 g/mol. The minimum Gasteiger partial charge on any atom is -0.486 e. The number of aliphatic carboxylic acids is 1. The molecular formula is C21H22N2O5S. The number of ether oxygens (including phenoxy) is 1. The van der Waals surface area contributed by atoms with Crippen molar-refractivity contribution in [2.45, 2.75) is 30.7 Å². The van der Waals surface area contributed by atoms with Crippen molar-refractivity contribution < 1.29 is 24.2 Å². The van der Waals surface area contributed by atoms with Crippen LogP contribution in [0.3, 0.4) is 0 Å². The molecule has 1 heterocycles. The molecule has 0 spiro atoms. The maximum Gasteiger partial charge on any atom is 0.323 e. The van der Waals surface area contributed by atoms with Crippen LogP contribution in [0, 0.1) is 0 Å². The zero-order valence-corrected chi connectivity index (χ0v) is 16.7. The van der Waals surface area contributed by atoms with Crippen LogP contribution in [-0.4, -0.2) is 46.8 Å². The maximum absolute atomic E-state index is 13.1. The number of rotatable bonds is 6. The van der Waals surface area contributed by atoms with Crippen molar-refractivity contribution in [2.24, 2.45) is 0 Å². The molecule has 3 unspecified atom stereocenters. The third-order valence-corrected chi connectivity index (χ3v) is 5.05. The second-order valence-electron chi connectivity index (χ2n) is 6.80. The van der Waals surface area contributed by atoms with E-state index in [0.29, 0.717) is 17.9 Å². The molecule has 0 bridgehead atoms. The van der Waals surface area contributed by atoms with Gasteiger partial charge in [0.05, 0.1) is 10.9 Å². The molecule has 8 heteroatoms. The van der Waals surface area contributed by atoms with Gasteiger partial charge in [0.1, 0.15) is 24.4 Å². The summed E-state index contributed by atoms with van der Waals surface area (Å²) in [6, 6.07) is 15.1. The Bertz CT molecular complexity index is 905. The molecule has 29 heavy (non-hydrogen) atoms. The largest absolute Gasteiger partial charge is 0.486 e. The Kier molecular flexibility index (Phi) is 6.43. The smallest absolute Gasteiger partial charge is 0.323 e. The number of hydrogen-bond donors (Lipinski definition) is 3. The number of anilines is 1. The highest BCUT2D eigenvalue weighted by molar-refractivity contribution is 7.81. The van der Waals surface area contributed by atoms with Crippen molar-refractivity contribution in [3.8, 4) is 5.75 Å². The summed E-state index contributed by atoms with van der Waals surface area (Å²) in [4.78, 5) is 38.2. The second-order valence-corrected chi connectivity index (χ2v) is 7.42. The Morgan fingerprint density at radius 2 is 1.83 bits per heavy atom. The number of carbonyl (C=O) groups is 3. The van der Waals surface area contributed by atoms with Crippen LogP contribution in [0.4, 0.5) is 5.69 Å². The molecule has 3 rings (SSSR count). The summed E-state index contributed by atoms with van der Waals surface area (Å²) in [5.41, 5.74) is 1.30. The van der Waals surface area contributed by atoms with Crippen molar-refractivity contribution in [1.29, 1.82) is 0 Å². The van der Waals surface area contributed by atoms with Gasteiger partial charge in [0.2, 0.25) is 5.91 Å². The molecule has 0 aromatic heterocycles. The highest BCUT2D eigenvalue weighted by Gasteiger charge is 2.38. The fraction of sp³-hybridized carbons (Fsp3) is 0.286. The Hall–Kier alpha value is -3.00. The molecule has 2 aromatic carbocycles. The minimum absolute atomic E-state index is 0.357. The quantitative estimate of drug-likeness (QED) is 0.628. The number of nitrogens with one attached hydrogen (secondary N) is 1.